The first kappa shape index (κ1) is 19.2. The molecular formula is C22H27N3O3S. The fourth-order valence-electron chi connectivity index (χ4n) is 4.09. The van der Waals surface area contributed by atoms with Crippen molar-refractivity contribution in [3.05, 3.63) is 29.5 Å². The number of nitrogens with zero attached hydrogens (tertiary/aromatic N) is 3. The highest BCUT2D eigenvalue weighted by Gasteiger charge is 2.25. The molecule has 2 aromatic rings. The Hall–Kier alpha value is -1.83. The molecule has 154 valence electrons. The zero-order chi connectivity index (χ0) is 19.6. The predicted octanol–water partition coefficient (Wildman–Crippen LogP) is 3.56. The summed E-state index contributed by atoms with van der Waals surface area (Å²) in [7, 11) is 1.73. The first-order chi connectivity index (χ1) is 14.3. The molecule has 0 saturated carbocycles. The van der Waals surface area contributed by atoms with Crippen LogP contribution in [0.1, 0.15) is 24.1 Å². The molecule has 0 spiro atoms. The van der Waals surface area contributed by atoms with Gasteiger partial charge in [0.25, 0.3) is 0 Å². The summed E-state index contributed by atoms with van der Waals surface area (Å²) in [6.45, 7) is 4.06. The van der Waals surface area contributed by atoms with E-state index in [0.29, 0.717) is 12.7 Å². The Balaban J connectivity index is 1.45. The van der Waals surface area contributed by atoms with Crippen LogP contribution in [0.2, 0.25) is 0 Å². The van der Waals surface area contributed by atoms with Crippen LogP contribution < -0.4 is 9.64 Å². The molecule has 0 N–H and O–H groups in total. The number of hydrogen-bond acceptors (Lipinski definition) is 7. The zero-order valence-corrected chi connectivity index (χ0v) is 17.7. The van der Waals surface area contributed by atoms with Gasteiger partial charge >= 0.3 is 0 Å². The zero-order valence-electron chi connectivity index (χ0n) is 16.9. The number of ether oxygens (including phenoxy) is 3. The summed E-state index contributed by atoms with van der Waals surface area (Å²) < 4.78 is 16.5. The highest BCUT2D eigenvalue weighted by molar-refractivity contribution is 7.99. The largest absolute Gasteiger partial charge is 0.496 e. The van der Waals surface area contributed by atoms with Gasteiger partial charge in [0.2, 0.25) is 5.95 Å². The second-order valence-electron chi connectivity index (χ2n) is 7.89. The molecule has 0 unspecified atom stereocenters. The van der Waals surface area contributed by atoms with Crippen molar-refractivity contribution in [1.82, 2.24) is 9.97 Å². The standard InChI is InChI=1S/C22H27N3O3S/c1-26-19-7-6-16(10-20(19)29-13-15-11-27-14-28-12-15)21-17-4-2-5-18(17)23-22(24-21)25-8-3-9-25/h6-7,10,15H,2-5,8-9,11-14H2,1H3. The minimum Gasteiger partial charge on any atom is -0.496 e. The Labute approximate surface area is 176 Å². The molecule has 1 aromatic heterocycles. The first-order valence-electron chi connectivity index (χ1n) is 10.4. The van der Waals surface area contributed by atoms with Gasteiger partial charge in [0.1, 0.15) is 12.5 Å². The van der Waals surface area contributed by atoms with Crippen LogP contribution in [0, 0.1) is 5.92 Å². The van der Waals surface area contributed by atoms with Gasteiger partial charge in [-0.25, -0.2) is 9.97 Å². The van der Waals surface area contributed by atoms with Crippen molar-refractivity contribution in [2.75, 3.05) is 50.9 Å². The molecular weight excluding hydrogens is 386 g/mol. The van der Waals surface area contributed by atoms with E-state index in [0.717, 1.165) is 72.7 Å². The van der Waals surface area contributed by atoms with Gasteiger partial charge in [0, 0.05) is 41.6 Å². The summed E-state index contributed by atoms with van der Waals surface area (Å²) in [6.07, 6.45) is 4.52. The average Bonchev–Trinajstić information content (AvgIpc) is 3.19. The molecule has 6 nitrogen and oxygen atoms in total. The van der Waals surface area contributed by atoms with Crippen molar-refractivity contribution in [2.45, 2.75) is 30.6 Å². The monoisotopic (exact) mass is 413 g/mol. The molecule has 0 radical (unpaired) electrons. The maximum absolute atomic E-state index is 5.63. The highest BCUT2D eigenvalue weighted by Crippen LogP contribution is 2.38. The van der Waals surface area contributed by atoms with Crippen LogP contribution >= 0.6 is 11.8 Å². The summed E-state index contributed by atoms with van der Waals surface area (Å²) in [5.41, 5.74) is 4.82. The van der Waals surface area contributed by atoms with Gasteiger partial charge in [-0.15, -0.1) is 11.8 Å². The van der Waals surface area contributed by atoms with Crippen LogP contribution in [0.25, 0.3) is 11.3 Å². The quantitative estimate of drug-likeness (QED) is 0.671. The number of anilines is 1. The Morgan fingerprint density at radius 2 is 2.00 bits per heavy atom. The number of fused-ring (bicyclic) bond motifs is 1. The van der Waals surface area contributed by atoms with E-state index >= 15 is 0 Å². The maximum Gasteiger partial charge on any atom is 0.226 e. The molecule has 3 aliphatic rings. The van der Waals surface area contributed by atoms with Gasteiger partial charge in [-0.2, -0.15) is 0 Å². The van der Waals surface area contributed by atoms with E-state index in [1.807, 2.05) is 11.8 Å². The first-order valence-corrected chi connectivity index (χ1v) is 11.4. The van der Waals surface area contributed by atoms with Crippen LogP contribution in [0.5, 0.6) is 5.75 Å². The number of rotatable bonds is 6. The molecule has 2 fully saturated rings. The average molecular weight is 414 g/mol. The Morgan fingerprint density at radius 1 is 1.14 bits per heavy atom. The highest BCUT2D eigenvalue weighted by atomic mass is 32.2. The summed E-state index contributed by atoms with van der Waals surface area (Å²) in [5, 5.41) is 0. The molecule has 0 bridgehead atoms. The molecule has 2 saturated heterocycles. The lowest BCUT2D eigenvalue weighted by atomic mass is 10.0. The topological polar surface area (TPSA) is 56.7 Å². The van der Waals surface area contributed by atoms with E-state index in [9.17, 15) is 0 Å². The molecule has 1 aromatic carbocycles. The van der Waals surface area contributed by atoms with E-state index in [2.05, 4.69) is 23.1 Å². The van der Waals surface area contributed by atoms with Crippen molar-refractivity contribution in [3.8, 4) is 17.0 Å². The lowest BCUT2D eigenvalue weighted by molar-refractivity contribution is -0.120. The number of hydrogen-bond donors (Lipinski definition) is 0. The molecule has 3 heterocycles. The molecule has 7 heteroatoms. The summed E-state index contributed by atoms with van der Waals surface area (Å²) >= 11 is 1.81. The summed E-state index contributed by atoms with van der Waals surface area (Å²) in [6, 6.07) is 6.43. The van der Waals surface area contributed by atoms with Crippen molar-refractivity contribution in [3.63, 3.8) is 0 Å². The van der Waals surface area contributed by atoms with E-state index in [-0.39, 0.29) is 0 Å². The molecule has 0 amide bonds. The number of methoxy groups -OCH3 is 1. The predicted molar refractivity (Wildman–Crippen MR) is 114 cm³/mol. The molecule has 1 aliphatic carbocycles. The van der Waals surface area contributed by atoms with Gasteiger partial charge in [0.15, 0.2) is 0 Å². The Bertz CT molecular complexity index is 882. The Morgan fingerprint density at radius 3 is 2.76 bits per heavy atom. The van der Waals surface area contributed by atoms with Crippen molar-refractivity contribution in [1.29, 1.82) is 0 Å². The van der Waals surface area contributed by atoms with Gasteiger partial charge < -0.3 is 19.1 Å². The maximum atomic E-state index is 5.63. The van der Waals surface area contributed by atoms with Crippen LogP contribution in [0.15, 0.2) is 23.1 Å². The van der Waals surface area contributed by atoms with E-state index in [1.165, 1.54) is 24.1 Å². The van der Waals surface area contributed by atoms with Gasteiger partial charge in [-0.1, -0.05) is 0 Å². The van der Waals surface area contributed by atoms with Crippen molar-refractivity contribution in [2.24, 2.45) is 5.92 Å². The molecule has 2 aliphatic heterocycles. The third-order valence-corrected chi connectivity index (χ3v) is 7.11. The lowest BCUT2D eigenvalue weighted by Crippen LogP contribution is -2.38. The summed E-state index contributed by atoms with van der Waals surface area (Å²) in [5.74, 6) is 3.16. The number of aromatic nitrogens is 2. The van der Waals surface area contributed by atoms with Gasteiger partial charge in [-0.05, 0) is 43.9 Å². The number of thioether (sulfide) groups is 1. The fraction of sp³-hybridized carbons (Fsp3) is 0.545. The fourth-order valence-corrected chi connectivity index (χ4v) is 5.20. The van der Waals surface area contributed by atoms with E-state index < -0.39 is 0 Å². The summed E-state index contributed by atoms with van der Waals surface area (Å²) in [4.78, 5) is 13.3. The third kappa shape index (κ3) is 3.96. The van der Waals surface area contributed by atoms with Crippen molar-refractivity contribution >= 4 is 17.7 Å². The van der Waals surface area contributed by atoms with Crippen LogP contribution in [0.4, 0.5) is 5.95 Å². The smallest absolute Gasteiger partial charge is 0.226 e. The SMILES string of the molecule is COc1ccc(-c2nc(N3CCC3)nc3c2CCC3)cc1SCC1COCOC1. The van der Waals surface area contributed by atoms with Crippen LogP contribution in [-0.4, -0.2) is 55.9 Å². The second kappa shape index (κ2) is 8.50. The van der Waals surface area contributed by atoms with E-state index in [1.54, 1.807) is 7.11 Å². The minimum absolute atomic E-state index is 0.406. The van der Waals surface area contributed by atoms with Gasteiger partial charge in [-0.3, -0.25) is 0 Å². The Kier molecular flexibility index (Phi) is 5.61. The normalized spacial score (nSPS) is 19.1. The third-order valence-electron chi connectivity index (χ3n) is 5.85. The molecule has 0 atom stereocenters. The number of aryl methyl sites for hydroxylation is 1. The van der Waals surface area contributed by atoms with Crippen molar-refractivity contribution < 1.29 is 14.2 Å². The minimum atomic E-state index is 0.406. The molecule has 5 rings (SSSR count). The second-order valence-corrected chi connectivity index (χ2v) is 8.96. The molecule has 29 heavy (non-hydrogen) atoms. The van der Waals surface area contributed by atoms with Crippen LogP contribution in [-0.2, 0) is 22.3 Å². The number of benzene rings is 1. The van der Waals surface area contributed by atoms with Gasteiger partial charge in [0.05, 0.1) is 30.9 Å². The van der Waals surface area contributed by atoms with E-state index in [4.69, 9.17) is 24.2 Å². The lowest BCUT2D eigenvalue weighted by Gasteiger charge is -2.31. The van der Waals surface area contributed by atoms with Crippen LogP contribution in [0.3, 0.4) is 0 Å².